The Kier molecular flexibility index (Phi) is 6.15. The van der Waals surface area contributed by atoms with Gasteiger partial charge in [-0.25, -0.2) is 15.0 Å². The summed E-state index contributed by atoms with van der Waals surface area (Å²) in [6.07, 6.45) is 0. The largest absolute Gasteiger partial charge is 0.455 e. The summed E-state index contributed by atoms with van der Waals surface area (Å²) in [6.45, 7) is 0. The van der Waals surface area contributed by atoms with Crippen LogP contribution in [0.1, 0.15) is 0 Å². The van der Waals surface area contributed by atoms with Gasteiger partial charge in [-0.05, 0) is 50.0 Å². The molecule has 4 heteroatoms. The van der Waals surface area contributed by atoms with Crippen LogP contribution >= 0.6 is 0 Å². The second-order valence-corrected chi connectivity index (χ2v) is 12.4. The Morgan fingerprint density at radius 2 is 0.918 bits per heavy atom. The number of hydrogen-bond acceptors (Lipinski definition) is 4. The van der Waals surface area contributed by atoms with Crippen molar-refractivity contribution in [3.63, 3.8) is 0 Å². The maximum absolute atomic E-state index is 6.72. The molecule has 49 heavy (non-hydrogen) atoms. The molecule has 0 bridgehead atoms. The molecule has 0 radical (unpaired) electrons. The van der Waals surface area contributed by atoms with Crippen molar-refractivity contribution in [2.24, 2.45) is 0 Å². The fraction of sp³-hybridized carbons (Fsp3) is 0. The van der Waals surface area contributed by atoms with Crippen LogP contribution in [0.2, 0.25) is 0 Å². The highest BCUT2D eigenvalue weighted by Crippen LogP contribution is 2.41. The molecule has 0 unspecified atom stereocenters. The Bertz CT molecular complexity index is 2820. The normalized spacial score (nSPS) is 11.7. The van der Waals surface area contributed by atoms with Crippen molar-refractivity contribution in [2.45, 2.75) is 0 Å². The summed E-state index contributed by atoms with van der Waals surface area (Å²) in [6, 6.07) is 56.9. The van der Waals surface area contributed by atoms with E-state index in [1.807, 2.05) is 72.8 Å². The van der Waals surface area contributed by atoms with Gasteiger partial charge in [0.25, 0.3) is 0 Å². The predicted molar refractivity (Wildman–Crippen MR) is 201 cm³/mol. The highest BCUT2D eigenvalue weighted by Gasteiger charge is 2.19. The molecule has 0 spiro atoms. The fourth-order valence-electron chi connectivity index (χ4n) is 7.18. The SMILES string of the molecule is c1ccc(-c2nc(-c3ccccc3)nc(-c3cccc4oc5c(-c6ccc7ccc8c9ccccc9ccc8c7c6)cccc5c34)n2)cc1. The summed E-state index contributed by atoms with van der Waals surface area (Å²) in [5, 5.41) is 9.47. The van der Waals surface area contributed by atoms with Crippen molar-refractivity contribution in [3.8, 4) is 45.3 Å². The van der Waals surface area contributed by atoms with Crippen molar-refractivity contribution in [2.75, 3.05) is 0 Å². The van der Waals surface area contributed by atoms with Crippen molar-refractivity contribution in [1.29, 1.82) is 0 Å². The standard InChI is InChI=1S/C45H27N3O/c1-3-12-30(13-4-1)43-46-44(31-14-5-2-6-15-31)48-45(47-43)38-19-10-20-40-41(38)37-18-9-17-34(42(37)49-40)32-22-21-29-24-25-35-33-16-8-7-11-28(33)23-26-36(35)39(29)27-32/h1-27H. The van der Waals surface area contributed by atoms with E-state index in [4.69, 9.17) is 19.4 Å². The average molecular weight is 626 g/mol. The summed E-state index contributed by atoms with van der Waals surface area (Å²) >= 11 is 0. The van der Waals surface area contributed by atoms with Crippen LogP contribution in [0.3, 0.4) is 0 Å². The monoisotopic (exact) mass is 625 g/mol. The van der Waals surface area contributed by atoms with Crippen LogP contribution < -0.4 is 0 Å². The number of aromatic nitrogens is 3. The Hall–Kier alpha value is -6.65. The van der Waals surface area contributed by atoms with Crippen LogP contribution in [0.25, 0.3) is 99.5 Å². The summed E-state index contributed by atoms with van der Waals surface area (Å²) in [5.41, 5.74) is 6.57. The number of hydrogen-bond donors (Lipinski definition) is 0. The lowest BCUT2D eigenvalue weighted by Gasteiger charge is -2.10. The van der Waals surface area contributed by atoms with Gasteiger partial charge in [0, 0.05) is 33.0 Å². The van der Waals surface area contributed by atoms with Gasteiger partial charge in [0.05, 0.1) is 0 Å². The number of rotatable bonds is 4. The number of furan rings is 1. The van der Waals surface area contributed by atoms with E-state index in [1.165, 1.54) is 32.3 Å². The Morgan fingerprint density at radius 1 is 0.347 bits per heavy atom. The second kappa shape index (κ2) is 11.0. The zero-order chi connectivity index (χ0) is 32.3. The second-order valence-electron chi connectivity index (χ2n) is 12.4. The average Bonchev–Trinajstić information content (AvgIpc) is 3.57. The first-order chi connectivity index (χ1) is 24.3. The van der Waals surface area contributed by atoms with Crippen LogP contribution in [0.5, 0.6) is 0 Å². The van der Waals surface area contributed by atoms with Crippen LogP contribution in [-0.4, -0.2) is 15.0 Å². The van der Waals surface area contributed by atoms with Gasteiger partial charge in [-0.3, -0.25) is 0 Å². The first-order valence-electron chi connectivity index (χ1n) is 16.4. The third-order valence-corrected chi connectivity index (χ3v) is 9.52. The minimum Gasteiger partial charge on any atom is -0.455 e. The molecule has 0 atom stereocenters. The summed E-state index contributed by atoms with van der Waals surface area (Å²) in [7, 11) is 0. The van der Waals surface area contributed by atoms with Gasteiger partial charge >= 0.3 is 0 Å². The first-order valence-corrected chi connectivity index (χ1v) is 16.4. The number of fused-ring (bicyclic) bond motifs is 8. The van der Waals surface area contributed by atoms with Gasteiger partial charge in [0.2, 0.25) is 0 Å². The molecule has 8 aromatic carbocycles. The number of nitrogens with zero attached hydrogens (tertiary/aromatic N) is 3. The smallest absolute Gasteiger partial charge is 0.164 e. The van der Waals surface area contributed by atoms with E-state index in [2.05, 4.69) is 91.0 Å². The van der Waals surface area contributed by atoms with Crippen LogP contribution in [-0.2, 0) is 0 Å². The number of para-hydroxylation sites is 1. The summed E-state index contributed by atoms with van der Waals surface area (Å²) in [4.78, 5) is 15.0. The quantitative estimate of drug-likeness (QED) is 0.183. The third-order valence-electron chi connectivity index (χ3n) is 9.52. The van der Waals surface area contributed by atoms with Gasteiger partial charge in [-0.2, -0.15) is 0 Å². The molecule has 0 saturated heterocycles. The Balaban J connectivity index is 1.18. The van der Waals surface area contributed by atoms with Gasteiger partial charge in [0.1, 0.15) is 11.2 Å². The molecule has 0 aliphatic carbocycles. The van der Waals surface area contributed by atoms with E-state index in [0.29, 0.717) is 17.5 Å². The van der Waals surface area contributed by atoms with E-state index in [1.54, 1.807) is 0 Å². The zero-order valence-electron chi connectivity index (χ0n) is 26.3. The molecule has 10 aromatic rings. The number of benzene rings is 8. The molecule has 0 aliphatic rings. The molecule has 0 N–H and O–H groups in total. The van der Waals surface area contributed by atoms with E-state index in [-0.39, 0.29) is 0 Å². The topological polar surface area (TPSA) is 51.8 Å². The lowest BCUT2D eigenvalue weighted by Crippen LogP contribution is -2.00. The van der Waals surface area contributed by atoms with E-state index >= 15 is 0 Å². The minimum atomic E-state index is 0.607. The molecule has 0 amide bonds. The molecule has 0 aliphatic heterocycles. The predicted octanol–water partition coefficient (Wildman–Crippen LogP) is 11.9. The van der Waals surface area contributed by atoms with Crippen molar-refractivity contribution >= 4 is 54.3 Å². The van der Waals surface area contributed by atoms with Crippen molar-refractivity contribution in [1.82, 2.24) is 15.0 Å². The van der Waals surface area contributed by atoms with Gasteiger partial charge in [-0.1, -0.05) is 152 Å². The van der Waals surface area contributed by atoms with Crippen molar-refractivity contribution < 1.29 is 4.42 Å². The Labute approximate surface area is 282 Å². The lowest BCUT2D eigenvalue weighted by atomic mass is 9.94. The van der Waals surface area contributed by atoms with E-state index < -0.39 is 0 Å². The first kappa shape index (κ1) is 27.5. The van der Waals surface area contributed by atoms with Crippen LogP contribution in [0.4, 0.5) is 0 Å². The fourth-order valence-corrected chi connectivity index (χ4v) is 7.18. The molecule has 10 rings (SSSR count). The molecule has 2 aromatic heterocycles. The molecule has 0 fully saturated rings. The maximum atomic E-state index is 6.72. The highest BCUT2D eigenvalue weighted by molar-refractivity contribution is 6.19. The van der Waals surface area contributed by atoms with E-state index in [9.17, 15) is 0 Å². The highest BCUT2D eigenvalue weighted by atomic mass is 16.3. The molecule has 4 nitrogen and oxygen atoms in total. The van der Waals surface area contributed by atoms with Gasteiger partial charge in [-0.15, -0.1) is 0 Å². The molecular formula is C45H27N3O. The molecular weight excluding hydrogens is 599 g/mol. The zero-order valence-corrected chi connectivity index (χ0v) is 26.3. The minimum absolute atomic E-state index is 0.607. The third kappa shape index (κ3) is 4.49. The maximum Gasteiger partial charge on any atom is 0.164 e. The summed E-state index contributed by atoms with van der Waals surface area (Å²) < 4.78 is 6.72. The van der Waals surface area contributed by atoms with Gasteiger partial charge in [0.15, 0.2) is 17.5 Å². The Morgan fingerprint density at radius 3 is 1.67 bits per heavy atom. The summed E-state index contributed by atoms with van der Waals surface area (Å²) in [5.74, 6) is 1.87. The van der Waals surface area contributed by atoms with E-state index in [0.717, 1.165) is 49.8 Å². The molecule has 2 heterocycles. The molecule has 228 valence electrons. The van der Waals surface area contributed by atoms with Gasteiger partial charge < -0.3 is 4.42 Å². The lowest BCUT2D eigenvalue weighted by molar-refractivity contribution is 0.670. The van der Waals surface area contributed by atoms with Crippen LogP contribution in [0.15, 0.2) is 168 Å². The molecule has 0 saturated carbocycles. The van der Waals surface area contributed by atoms with Crippen molar-refractivity contribution in [3.05, 3.63) is 164 Å². The van der Waals surface area contributed by atoms with Crippen LogP contribution in [0, 0.1) is 0 Å².